The lowest BCUT2D eigenvalue weighted by atomic mass is 9.98. The zero-order valence-corrected chi connectivity index (χ0v) is 12.4. The van der Waals surface area contributed by atoms with E-state index in [-0.39, 0.29) is 0 Å². The van der Waals surface area contributed by atoms with Crippen LogP contribution in [0.1, 0.15) is 18.4 Å². The molecule has 0 spiro atoms. The molecule has 0 aromatic heterocycles. The Kier molecular flexibility index (Phi) is 5.85. The zero-order chi connectivity index (χ0) is 15.1. The highest BCUT2D eigenvalue weighted by Gasteiger charge is 2.18. The Bertz CT molecular complexity index is 491. The van der Waals surface area contributed by atoms with Crippen LogP contribution >= 0.6 is 0 Å². The molecule has 0 atom stereocenters. The van der Waals surface area contributed by atoms with Crippen LogP contribution in [-0.4, -0.2) is 50.0 Å². The molecule has 0 bridgehead atoms. The van der Waals surface area contributed by atoms with E-state index in [2.05, 4.69) is 11.0 Å². The standard InChI is InChI=1S/C16H22N2O3/c1-20-16-10-14(11-17)2-3-15(16)21-9-8-18-6-4-13(12-19)5-7-18/h2-3,10,13,19H,4-9,12H2,1H3. The Morgan fingerprint density at radius 3 is 2.71 bits per heavy atom. The maximum Gasteiger partial charge on any atom is 0.162 e. The quantitative estimate of drug-likeness (QED) is 0.863. The molecule has 1 heterocycles. The molecule has 5 heteroatoms. The topological polar surface area (TPSA) is 65.7 Å². The number of methoxy groups -OCH3 is 1. The fourth-order valence-electron chi connectivity index (χ4n) is 2.53. The molecule has 21 heavy (non-hydrogen) atoms. The van der Waals surface area contributed by atoms with E-state index >= 15 is 0 Å². The van der Waals surface area contributed by atoms with Gasteiger partial charge >= 0.3 is 0 Å². The molecule has 5 nitrogen and oxygen atoms in total. The van der Waals surface area contributed by atoms with Crippen LogP contribution in [-0.2, 0) is 0 Å². The normalized spacial score (nSPS) is 16.4. The summed E-state index contributed by atoms with van der Waals surface area (Å²) in [4.78, 5) is 2.35. The molecule has 114 valence electrons. The number of ether oxygens (including phenoxy) is 2. The number of benzene rings is 1. The fourth-order valence-corrected chi connectivity index (χ4v) is 2.53. The molecule has 1 saturated heterocycles. The molecule has 0 saturated carbocycles. The summed E-state index contributed by atoms with van der Waals surface area (Å²) in [5.41, 5.74) is 0.560. The smallest absolute Gasteiger partial charge is 0.162 e. The van der Waals surface area contributed by atoms with Gasteiger partial charge in [0.1, 0.15) is 6.61 Å². The Morgan fingerprint density at radius 1 is 1.33 bits per heavy atom. The van der Waals surface area contributed by atoms with Crippen LogP contribution in [0.15, 0.2) is 18.2 Å². The third kappa shape index (κ3) is 4.35. The maximum absolute atomic E-state index is 9.12. The molecular weight excluding hydrogens is 268 g/mol. The summed E-state index contributed by atoms with van der Waals surface area (Å²) in [6.45, 7) is 3.78. The molecule has 0 unspecified atom stereocenters. The van der Waals surface area contributed by atoms with Crippen LogP contribution in [0.5, 0.6) is 11.5 Å². The van der Waals surface area contributed by atoms with Crippen LogP contribution in [0.2, 0.25) is 0 Å². The second kappa shape index (κ2) is 7.87. The Morgan fingerprint density at radius 2 is 2.10 bits per heavy atom. The summed E-state index contributed by atoms with van der Waals surface area (Å²) in [6.07, 6.45) is 2.10. The number of rotatable bonds is 6. The van der Waals surface area contributed by atoms with Crippen molar-refractivity contribution < 1.29 is 14.6 Å². The fraction of sp³-hybridized carbons (Fsp3) is 0.562. The minimum absolute atomic E-state index is 0.298. The molecule has 2 rings (SSSR count). The van der Waals surface area contributed by atoms with Gasteiger partial charge in [0.25, 0.3) is 0 Å². The lowest BCUT2D eigenvalue weighted by Gasteiger charge is -2.30. The third-order valence-corrected chi connectivity index (χ3v) is 3.92. The molecule has 1 aliphatic heterocycles. The molecule has 1 N–H and O–H groups in total. The van der Waals surface area contributed by atoms with Gasteiger partial charge in [0.15, 0.2) is 11.5 Å². The number of nitriles is 1. The number of piperidine rings is 1. The molecular formula is C16H22N2O3. The van der Waals surface area contributed by atoms with Gasteiger partial charge in [-0.15, -0.1) is 0 Å². The Balaban J connectivity index is 1.80. The van der Waals surface area contributed by atoms with Gasteiger partial charge in [-0.05, 0) is 44.0 Å². The van der Waals surface area contributed by atoms with Gasteiger partial charge < -0.3 is 14.6 Å². The zero-order valence-electron chi connectivity index (χ0n) is 12.4. The first-order valence-electron chi connectivity index (χ1n) is 7.31. The summed E-state index contributed by atoms with van der Waals surface area (Å²) in [7, 11) is 1.57. The number of hydrogen-bond acceptors (Lipinski definition) is 5. The predicted octanol–water partition coefficient (Wildman–Crippen LogP) is 1.65. The summed E-state index contributed by atoms with van der Waals surface area (Å²) < 4.78 is 11.0. The third-order valence-electron chi connectivity index (χ3n) is 3.92. The molecule has 1 aromatic rings. The number of likely N-dealkylation sites (tertiary alicyclic amines) is 1. The lowest BCUT2D eigenvalue weighted by molar-refractivity contribution is 0.118. The van der Waals surface area contributed by atoms with Crippen molar-refractivity contribution in [3.63, 3.8) is 0 Å². The van der Waals surface area contributed by atoms with E-state index in [0.717, 1.165) is 32.5 Å². The van der Waals surface area contributed by atoms with Gasteiger partial charge in [-0.25, -0.2) is 0 Å². The second-order valence-electron chi connectivity index (χ2n) is 5.29. The highest BCUT2D eigenvalue weighted by atomic mass is 16.5. The van der Waals surface area contributed by atoms with E-state index in [1.54, 1.807) is 25.3 Å². The van der Waals surface area contributed by atoms with Crippen molar-refractivity contribution >= 4 is 0 Å². The lowest BCUT2D eigenvalue weighted by Crippen LogP contribution is -2.37. The van der Waals surface area contributed by atoms with Gasteiger partial charge in [-0.3, -0.25) is 4.90 Å². The van der Waals surface area contributed by atoms with E-state index < -0.39 is 0 Å². The molecule has 0 amide bonds. The van der Waals surface area contributed by atoms with E-state index in [1.807, 2.05) is 0 Å². The van der Waals surface area contributed by atoms with Crippen LogP contribution in [0.25, 0.3) is 0 Å². The number of aliphatic hydroxyl groups excluding tert-OH is 1. The van der Waals surface area contributed by atoms with Crippen molar-refractivity contribution in [1.82, 2.24) is 4.90 Å². The average molecular weight is 290 g/mol. The van der Waals surface area contributed by atoms with E-state index in [4.69, 9.17) is 19.8 Å². The van der Waals surface area contributed by atoms with Crippen molar-refractivity contribution in [3.05, 3.63) is 23.8 Å². The molecule has 1 aliphatic rings. The predicted molar refractivity (Wildman–Crippen MR) is 79.5 cm³/mol. The summed E-state index contributed by atoms with van der Waals surface area (Å²) in [6, 6.07) is 7.26. The van der Waals surface area contributed by atoms with Crippen molar-refractivity contribution in [2.24, 2.45) is 5.92 Å². The van der Waals surface area contributed by atoms with Crippen molar-refractivity contribution in [3.8, 4) is 17.6 Å². The number of aliphatic hydroxyl groups is 1. The summed E-state index contributed by atoms with van der Waals surface area (Å²) in [5, 5.41) is 18.0. The highest BCUT2D eigenvalue weighted by Crippen LogP contribution is 2.27. The van der Waals surface area contributed by atoms with Crippen molar-refractivity contribution in [1.29, 1.82) is 5.26 Å². The molecule has 0 aliphatic carbocycles. The second-order valence-corrected chi connectivity index (χ2v) is 5.29. The Hall–Kier alpha value is -1.77. The van der Waals surface area contributed by atoms with Crippen LogP contribution in [0.4, 0.5) is 0 Å². The van der Waals surface area contributed by atoms with E-state index in [0.29, 0.717) is 36.2 Å². The first kappa shape index (κ1) is 15.6. The van der Waals surface area contributed by atoms with Crippen molar-refractivity contribution in [2.45, 2.75) is 12.8 Å². The first-order valence-corrected chi connectivity index (χ1v) is 7.31. The largest absolute Gasteiger partial charge is 0.493 e. The maximum atomic E-state index is 9.12. The summed E-state index contributed by atoms with van der Waals surface area (Å²) >= 11 is 0. The minimum Gasteiger partial charge on any atom is -0.493 e. The minimum atomic E-state index is 0.298. The monoisotopic (exact) mass is 290 g/mol. The van der Waals surface area contributed by atoms with Gasteiger partial charge in [-0.1, -0.05) is 0 Å². The average Bonchev–Trinajstić information content (AvgIpc) is 2.55. The van der Waals surface area contributed by atoms with Gasteiger partial charge in [0.2, 0.25) is 0 Å². The SMILES string of the molecule is COc1cc(C#N)ccc1OCCN1CCC(CO)CC1. The van der Waals surface area contributed by atoms with Gasteiger partial charge in [-0.2, -0.15) is 5.26 Å². The van der Waals surface area contributed by atoms with Crippen LogP contribution in [0, 0.1) is 17.2 Å². The van der Waals surface area contributed by atoms with E-state index in [1.165, 1.54) is 0 Å². The summed E-state index contributed by atoms with van der Waals surface area (Å²) in [5.74, 6) is 1.72. The van der Waals surface area contributed by atoms with E-state index in [9.17, 15) is 0 Å². The first-order chi connectivity index (χ1) is 10.3. The van der Waals surface area contributed by atoms with Crippen molar-refractivity contribution in [2.75, 3.05) is 40.0 Å². The number of nitrogens with zero attached hydrogens (tertiary/aromatic N) is 2. The molecule has 0 radical (unpaired) electrons. The molecule has 1 fully saturated rings. The van der Waals surface area contributed by atoms with Gasteiger partial charge in [0.05, 0.1) is 18.7 Å². The highest BCUT2D eigenvalue weighted by molar-refractivity contribution is 5.46. The molecule has 1 aromatic carbocycles. The van der Waals surface area contributed by atoms with Gasteiger partial charge in [0, 0.05) is 19.2 Å². The van der Waals surface area contributed by atoms with Crippen LogP contribution in [0.3, 0.4) is 0 Å². The number of hydrogen-bond donors (Lipinski definition) is 1. The van der Waals surface area contributed by atoms with Crippen LogP contribution < -0.4 is 9.47 Å². The Labute approximate surface area is 125 Å².